The molecule has 1 saturated heterocycles. The van der Waals surface area contributed by atoms with E-state index in [0.29, 0.717) is 18.9 Å². The maximum absolute atomic E-state index is 11.2. The van der Waals surface area contributed by atoms with E-state index in [2.05, 4.69) is 4.74 Å². The molecule has 0 aliphatic carbocycles. The Labute approximate surface area is 71.5 Å². The average molecular weight is 171 g/mol. The van der Waals surface area contributed by atoms with Gasteiger partial charge in [-0.15, -0.1) is 0 Å². The van der Waals surface area contributed by atoms with E-state index in [9.17, 15) is 9.59 Å². The number of hydrogen-bond donors (Lipinski definition) is 0. The highest BCUT2D eigenvalue weighted by Crippen LogP contribution is 2.15. The molecule has 0 bridgehead atoms. The number of ether oxygens (including phenoxy) is 1. The Hall–Kier alpha value is -1.06. The number of carbonyl (C=O) groups is 2. The predicted octanol–water partition coefficient (Wildman–Crippen LogP) is 0.0278. The van der Waals surface area contributed by atoms with Crippen LogP contribution in [0.4, 0.5) is 0 Å². The van der Waals surface area contributed by atoms with Gasteiger partial charge in [-0.3, -0.25) is 9.59 Å². The molecular weight excluding hydrogens is 158 g/mol. The molecule has 0 aromatic heterocycles. The summed E-state index contributed by atoms with van der Waals surface area (Å²) < 4.78 is 4.46. The van der Waals surface area contributed by atoms with Gasteiger partial charge >= 0.3 is 5.97 Å². The minimum atomic E-state index is -0.350. The van der Waals surface area contributed by atoms with E-state index in [4.69, 9.17) is 0 Å². The molecule has 1 rings (SSSR count). The van der Waals surface area contributed by atoms with Gasteiger partial charge in [0, 0.05) is 13.0 Å². The molecule has 0 radical (unpaired) electrons. The largest absolute Gasteiger partial charge is 0.468 e. The number of nitrogens with zero attached hydrogens (tertiary/aromatic N) is 1. The van der Waals surface area contributed by atoms with Crippen molar-refractivity contribution in [1.29, 1.82) is 0 Å². The average Bonchev–Trinajstić information content (AvgIpc) is 2.30. The molecular formula is C8H13NO3. The number of amides is 1. The first kappa shape index (κ1) is 9.03. The molecule has 0 aromatic carbocycles. The van der Waals surface area contributed by atoms with E-state index in [1.54, 1.807) is 0 Å². The third-order valence-corrected chi connectivity index (χ3v) is 1.96. The molecule has 0 N–H and O–H groups in total. The summed E-state index contributed by atoms with van der Waals surface area (Å²) in [6.07, 6.45) is 0.553. The van der Waals surface area contributed by atoms with Gasteiger partial charge in [0.05, 0.1) is 7.11 Å². The predicted molar refractivity (Wildman–Crippen MR) is 42.4 cm³/mol. The van der Waals surface area contributed by atoms with Gasteiger partial charge in [-0.05, 0) is 5.92 Å². The van der Waals surface area contributed by atoms with Crippen LogP contribution >= 0.6 is 0 Å². The SMILES string of the molecule is COC(=O)CN1CC(C)CC1=O. The summed E-state index contributed by atoms with van der Waals surface area (Å²) in [7, 11) is 1.33. The summed E-state index contributed by atoms with van der Waals surface area (Å²) >= 11 is 0. The first-order valence-electron chi connectivity index (χ1n) is 3.98. The molecule has 68 valence electrons. The normalized spacial score (nSPS) is 23.0. The highest BCUT2D eigenvalue weighted by atomic mass is 16.5. The lowest BCUT2D eigenvalue weighted by molar-refractivity contribution is -0.145. The van der Waals surface area contributed by atoms with Crippen molar-refractivity contribution >= 4 is 11.9 Å². The van der Waals surface area contributed by atoms with E-state index >= 15 is 0 Å². The summed E-state index contributed by atoms with van der Waals surface area (Å²) in [6.45, 7) is 2.77. The number of esters is 1. The van der Waals surface area contributed by atoms with Crippen molar-refractivity contribution in [2.75, 3.05) is 20.2 Å². The van der Waals surface area contributed by atoms with Crippen LogP contribution in [0.1, 0.15) is 13.3 Å². The Morgan fingerprint density at radius 1 is 1.75 bits per heavy atom. The Kier molecular flexibility index (Phi) is 2.68. The lowest BCUT2D eigenvalue weighted by atomic mass is 10.2. The third-order valence-electron chi connectivity index (χ3n) is 1.96. The van der Waals surface area contributed by atoms with E-state index < -0.39 is 0 Å². The van der Waals surface area contributed by atoms with Crippen LogP contribution in [0.5, 0.6) is 0 Å². The second-order valence-electron chi connectivity index (χ2n) is 3.16. The minimum Gasteiger partial charge on any atom is -0.468 e. The fourth-order valence-corrected chi connectivity index (χ4v) is 1.34. The molecule has 1 aliphatic rings. The molecule has 1 heterocycles. The summed E-state index contributed by atoms with van der Waals surface area (Å²) in [5, 5.41) is 0. The highest BCUT2D eigenvalue weighted by molar-refractivity contribution is 5.83. The zero-order chi connectivity index (χ0) is 9.14. The number of carbonyl (C=O) groups excluding carboxylic acids is 2. The number of hydrogen-bond acceptors (Lipinski definition) is 3. The van der Waals surface area contributed by atoms with Gasteiger partial charge in [-0.2, -0.15) is 0 Å². The first-order chi connectivity index (χ1) is 5.63. The summed E-state index contributed by atoms with van der Waals surface area (Å²) in [5.41, 5.74) is 0. The standard InChI is InChI=1S/C8H13NO3/c1-6-3-7(10)9(4-6)5-8(11)12-2/h6H,3-5H2,1-2H3. The molecule has 1 atom stereocenters. The topological polar surface area (TPSA) is 46.6 Å². The lowest BCUT2D eigenvalue weighted by Crippen LogP contribution is -2.31. The van der Waals surface area contributed by atoms with Crippen molar-refractivity contribution < 1.29 is 14.3 Å². The van der Waals surface area contributed by atoms with E-state index in [-0.39, 0.29) is 18.4 Å². The van der Waals surface area contributed by atoms with Crippen molar-refractivity contribution in [3.05, 3.63) is 0 Å². The summed E-state index contributed by atoms with van der Waals surface area (Å²) in [4.78, 5) is 23.5. The van der Waals surface area contributed by atoms with Gasteiger partial charge in [-0.25, -0.2) is 0 Å². The minimum absolute atomic E-state index is 0.0490. The van der Waals surface area contributed by atoms with E-state index in [1.807, 2.05) is 6.92 Å². The van der Waals surface area contributed by atoms with Gasteiger partial charge in [0.1, 0.15) is 6.54 Å². The van der Waals surface area contributed by atoms with Crippen LogP contribution < -0.4 is 0 Å². The monoisotopic (exact) mass is 171 g/mol. The fraction of sp³-hybridized carbons (Fsp3) is 0.750. The van der Waals surface area contributed by atoms with Crippen molar-refractivity contribution in [3.8, 4) is 0 Å². The highest BCUT2D eigenvalue weighted by Gasteiger charge is 2.27. The Bertz CT molecular complexity index is 202. The number of likely N-dealkylation sites (tertiary alicyclic amines) is 1. The number of methoxy groups -OCH3 is 1. The molecule has 1 unspecified atom stereocenters. The van der Waals surface area contributed by atoms with Gasteiger partial charge in [-0.1, -0.05) is 6.92 Å². The van der Waals surface area contributed by atoms with Crippen LogP contribution in [0.2, 0.25) is 0 Å². The van der Waals surface area contributed by atoms with Crippen LogP contribution in [0.15, 0.2) is 0 Å². The van der Waals surface area contributed by atoms with E-state index in [1.165, 1.54) is 12.0 Å². The summed E-state index contributed by atoms with van der Waals surface area (Å²) in [5.74, 6) is 0.0625. The summed E-state index contributed by atoms with van der Waals surface area (Å²) in [6, 6.07) is 0. The Balaban J connectivity index is 2.43. The van der Waals surface area contributed by atoms with Crippen LogP contribution in [0.3, 0.4) is 0 Å². The lowest BCUT2D eigenvalue weighted by Gasteiger charge is -2.13. The Morgan fingerprint density at radius 3 is 2.83 bits per heavy atom. The van der Waals surface area contributed by atoms with Gasteiger partial charge < -0.3 is 9.64 Å². The van der Waals surface area contributed by atoms with Crippen molar-refractivity contribution in [3.63, 3.8) is 0 Å². The van der Waals surface area contributed by atoms with Gasteiger partial charge in [0.2, 0.25) is 5.91 Å². The maximum Gasteiger partial charge on any atom is 0.325 e. The molecule has 12 heavy (non-hydrogen) atoms. The quantitative estimate of drug-likeness (QED) is 0.550. The molecule has 0 aromatic rings. The molecule has 4 nitrogen and oxygen atoms in total. The fourth-order valence-electron chi connectivity index (χ4n) is 1.34. The molecule has 1 aliphatic heterocycles. The zero-order valence-corrected chi connectivity index (χ0v) is 7.37. The molecule has 4 heteroatoms. The maximum atomic E-state index is 11.2. The van der Waals surface area contributed by atoms with Crippen LogP contribution in [-0.4, -0.2) is 37.0 Å². The van der Waals surface area contributed by atoms with Crippen molar-refractivity contribution in [1.82, 2.24) is 4.90 Å². The second kappa shape index (κ2) is 3.56. The second-order valence-corrected chi connectivity index (χ2v) is 3.16. The van der Waals surface area contributed by atoms with Crippen molar-refractivity contribution in [2.24, 2.45) is 5.92 Å². The first-order valence-corrected chi connectivity index (χ1v) is 3.98. The van der Waals surface area contributed by atoms with E-state index in [0.717, 1.165) is 0 Å². The van der Waals surface area contributed by atoms with Gasteiger partial charge in [0.25, 0.3) is 0 Å². The smallest absolute Gasteiger partial charge is 0.325 e. The molecule has 1 amide bonds. The van der Waals surface area contributed by atoms with Crippen LogP contribution in [-0.2, 0) is 14.3 Å². The Morgan fingerprint density at radius 2 is 2.42 bits per heavy atom. The third kappa shape index (κ3) is 1.96. The zero-order valence-electron chi connectivity index (χ0n) is 7.37. The number of rotatable bonds is 2. The molecule has 0 saturated carbocycles. The van der Waals surface area contributed by atoms with Crippen LogP contribution in [0, 0.1) is 5.92 Å². The molecule has 0 spiro atoms. The van der Waals surface area contributed by atoms with Gasteiger partial charge in [0.15, 0.2) is 0 Å². The molecule has 1 fully saturated rings. The van der Waals surface area contributed by atoms with Crippen LogP contribution in [0.25, 0.3) is 0 Å². The van der Waals surface area contributed by atoms with Crippen molar-refractivity contribution in [2.45, 2.75) is 13.3 Å².